The fourth-order valence-electron chi connectivity index (χ4n) is 2.17. The molecule has 1 aromatic heterocycles. The molecule has 0 radical (unpaired) electrons. The fraction of sp³-hybridized carbons (Fsp3) is 0.750. The number of hydrogen-bond donors (Lipinski definition) is 1. The molecule has 0 bridgehead atoms. The Hall–Kier alpha value is -1.32. The van der Waals surface area contributed by atoms with Crippen molar-refractivity contribution in [2.45, 2.75) is 54.4 Å². The van der Waals surface area contributed by atoms with Gasteiger partial charge in [0.15, 0.2) is 0 Å². The Morgan fingerprint density at radius 1 is 1.10 bits per heavy atom. The van der Waals surface area contributed by atoms with Crippen molar-refractivity contribution in [3.8, 4) is 0 Å². The summed E-state index contributed by atoms with van der Waals surface area (Å²) < 4.78 is 0. The van der Waals surface area contributed by atoms with Crippen molar-refractivity contribution in [2.75, 3.05) is 13.1 Å². The topological polar surface area (TPSA) is 49.0 Å². The number of hydrogen-bond acceptors (Lipinski definition) is 2. The van der Waals surface area contributed by atoms with Crippen molar-refractivity contribution in [3.63, 3.8) is 0 Å². The molecule has 0 aliphatic carbocycles. The fourth-order valence-corrected chi connectivity index (χ4v) is 2.17. The summed E-state index contributed by atoms with van der Waals surface area (Å²) in [5.41, 5.74) is 2.41. The maximum absolute atomic E-state index is 12.7. The van der Waals surface area contributed by atoms with Crippen LogP contribution in [-0.2, 0) is 0 Å². The van der Waals surface area contributed by atoms with Crippen LogP contribution in [0.1, 0.15) is 62.3 Å². The average molecular weight is 279 g/mol. The van der Waals surface area contributed by atoms with E-state index in [1.54, 1.807) is 0 Å². The number of aromatic amines is 1. The van der Waals surface area contributed by atoms with Gasteiger partial charge in [-0.2, -0.15) is 5.10 Å². The van der Waals surface area contributed by atoms with E-state index in [1.165, 1.54) is 0 Å². The molecule has 1 amide bonds. The Bertz CT molecular complexity index is 403. The van der Waals surface area contributed by atoms with E-state index >= 15 is 0 Å². The molecule has 0 fully saturated rings. The molecule has 1 N–H and O–H groups in total. The highest BCUT2D eigenvalue weighted by Gasteiger charge is 2.21. The summed E-state index contributed by atoms with van der Waals surface area (Å²) in [5.74, 6) is 1.34. The average Bonchev–Trinajstić information content (AvgIpc) is 2.67. The van der Waals surface area contributed by atoms with Gasteiger partial charge in [0.1, 0.15) is 0 Å². The molecule has 4 heteroatoms. The Morgan fingerprint density at radius 2 is 1.60 bits per heavy atom. The molecule has 0 saturated carbocycles. The van der Waals surface area contributed by atoms with Gasteiger partial charge in [0.2, 0.25) is 0 Å². The smallest absolute Gasteiger partial charge is 0.257 e. The normalized spacial score (nSPS) is 11.4. The first-order valence-corrected chi connectivity index (χ1v) is 7.63. The first-order chi connectivity index (χ1) is 9.32. The first kappa shape index (κ1) is 16.7. The van der Waals surface area contributed by atoms with Crippen LogP contribution >= 0.6 is 0 Å². The summed E-state index contributed by atoms with van der Waals surface area (Å²) in [7, 11) is 0. The SMILES string of the molecule is Cc1n[nH]c(C)c1C(=O)N(CCC(C)C)CCC(C)C. The van der Waals surface area contributed by atoms with Gasteiger partial charge < -0.3 is 4.90 Å². The number of carbonyl (C=O) groups is 1. The molecular formula is C16H29N3O. The van der Waals surface area contributed by atoms with Gasteiger partial charge in [0.25, 0.3) is 5.91 Å². The quantitative estimate of drug-likeness (QED) is 0.829. The number of H-pyrrole nitrogens is 1. The predicted molar refractivity (Wildman–Crippen MR) is 82.9 cm³/mol. The van der Waals surface area contributed by atoms with Crippen molar-refractivity contribution in [2.24, 2.45) is 11.8 Å². The number of aromatic nitrogens is 2. The zero-order valence-electron chi connectivity index (χ0n) is 13.8. The van der Waals surface area contributed by atoms with E-state index in [2.05, 4.69) is 37.9 Å². The van der Waals surface area contributed by atoms with Gasteiger partial charge >= 0.3 is 0 Å². The van der Waals surface area contributed by atoms with Gasteiger partial charge in [-0.05, 0) is 38.5 Å². The standard InChI is InChI=1S/C16H29N3O/c1-11(2)7-9-19(10-8-12(3)4)16(20)15-13(5)17-18-14(15)6/h11-12H,7-10H2,1-6H3,(H,17,18). The number of amides is 1. The summed E-state index contributed by atoms with van der Waals surface area (Å²) in [4.78, 5) is 14.7. The molecule has 0 unspecified atom stereocenters. The minimum absolute atomic E-state index is 0.120. The van der Waals surface area contributed by atoms with E-state index < -0.39 is 0 Å². The number of aryl methyl sites for hydroxylation is 2. The molecule has 0 saturated heterocycles. The lowest BCUT2D eigenvalue weighted by molar-refractivity contribution is 0.0739. The van der Waals surface area contributed by atoms with Gasteiger partial charge in [0.05, 0.1) is 11.3 Å². The summed E-state index contributed by atoms with van der Waals surface area (Å²) >= 11 is 0. The zero-order valence-corrected chi connectivity index (χ0v) is 13.8. The number of carbonyl (C=O) groups excluding carboxylic acids is 1. The maximum Gasteiger partial charge on any atom is 0.257 e. The molecule has 114 valence electrons. The first-order valence-electron chi connectivity index (χ1n) is 7.63. The second-order valence-electron chi connectivity index (χ2n) is 6.47. The molecule has 1 heterocycles. The van der Waals surface area contributed by atoms with Gasteiger partial charge in [-0.15, -0.1) is 0 Å². The minimum atomic E-state index is 0.120. The second kappa shape index (κ2) is 7.46. The van der Waals surface area contributed by atoms with Crippen LogP contribution in [0.15, 0.2) is 0 Å². The molecule has 0 atom stereocenters. The number of nitrogens with zero attached hydrogens (tertiary/aromatic N) is 2. The lowest BCUT2D eigenvalue weighted by Gasteiger charge is -2.24. The highest BCUT2D eigenvalue weighted by molar-refractivity contribution is 5.96. The van der Waals surface area contributed by atoms with Crippen LogP contribution in [0, 0.1) is 25.7 Å². The molecule has 0 aromatic carbocycles. The molecule has 0 spiro atoms. The highest BCUT2D eigenvalue weighted by Crippen LogP contribution is 2.15. The van der Waals surface area contributed by atoms with Crippen molar-refractivity contribution in [3.05, 3.63) is 17.0 Å². The third-order valence-corrected chi connectivity index (χ3v) is 3.58. The van der Waals surface area contributed by atoms with Crippen LogP contribution in [0.4, 0.5) is 0 Å². The third kappa shape index (κ3) is 4.66. The highest BCUT2D eigenvalue weighted by atomic mass is 16.2. The Labute approximate surface area is 122 Å². The van der Waals surface area contributed by atoms with E-state index in [0.29, 0.717) is 11.8 Å². The Balaban J connectivity index is 2.82. The van der Waals surface area contributed by atoms with E-state index in [1.807, 2.05) is 18.7 Å². The minimum Gasteiger partial charge on any atom is -0.339 e. The summed E-state index contributed by atoms with van der Waals surface area (Å²) in [6.07, 6.45) is 2.08. The van der Waals surface area contributed by atoms with Gasteiger partial charge in [-0.25, -0.2) is 0 Å². The number of rotatable bonds is 7. The molecule has 1 aromatic rings. The van der Waals surface area contributed by atoms with Crippen LogP contribution in [0.5, 0.6) is 0 Å². The van der Waals surface area contributed by atoms with Crippen molar-refractivity contribution < 1.29 is 4.79 Å². The van der Waals surface area contributed by atoms with E-state index in [0.717, 1.165) is 42.9 Å². The Morgan fingerprint density at radius 3 is 1.95 bits per heavy atom. The van der Waals surface area contributed by atoms with Gasteiger partial charge in [-0.1, -0.05) is 27.7 Å². The molecule has 20 heavy (non-hydrogen) atoms. The number of nitrogens with one attached hydrogen (secondary N) is 1. The summed E-state index contributed by atoms with van der Waals surface area (Å²) in [5, 5.41) is 7.04. The molecular weight excluding hydrogens is 250 g/mol. The van der Waals surface area contributed by atoms with E-state index in [-0.39, 0.29) is 5.91 Å². The van der Waals surface area contributed by atoms with Crippen molar-refractivity contribution >= 4 is 5.91 Å². The van der Waals surface area contributed by atoms with Crippen LogP contribution in [-0.4, -0.2) is 34.1 Å². The zero-order chi connectivity index (χ0) is 15.3. The molecule has 0 aliphatic rings. The largest absolute Gasteiger partial charge is 0.339 e. The summed E-state index contributed by atoms with van der Waals surface area (Å²) in [6, 6.07) is 0. The lowest BCUT2D eigenvalue weighted by atomic mass is 10.1. The van der Waals surface area contributed by atoms with Crippen LogP contribution in [0.3, 0.4) is 0 Å². The van der Waals surface area contributed by atoms with Gasteiger partial charge in [-0.3, -0.25) is 9.89 Å². The third-order valence-electron chi connectivity index (χ3n) is 3.58. The predicted octanol–water partition coefficient (Wildman–Crippen LogP) is 3.56. The lowest BCUT2D eigenvalue weighted by Crippen LogP contribution is -2.34. The monoisotopic (exact) mass is 279 g/mol. The second-order valence-corrected chi connectivity index (χ2v) is 6.47. The summed E-state index contributed by atoms with van der Waals surface area (Å²) in [6.45, 7) is 14.2. The van der Waals surface area contributed by atoms with Crippen LogP contribution in [0.2, 0.25) is 0 Å². The molecule has 4 nitrogen and oxygen atoms in total. The van der Waals surface area contributed by atoms with E-state index in [9.17, 15) is 4.79 Å². The van der Waals surface area contributed by atoms with Gasteiger partial charge in [0, 0.05) is 18.8 Å². The molecule has 0 aliphatic heterocycles. The van der Waals surface area contributed by atoms with Crippen molar-refractivity contribution in [1.82, 2.24) is 15.1 Å². The van der Waals surface area contributed by atoms with Crippen LogP contribution in [0.25, 0.3) is 0 Å². The van der Waals surface area contributed by atoms with Crippen molar-refractivity contribution in [1.29, 1.82) is 0 Å². The Kier molecular flexibility index (Phi) is 6.24. The van der Waals surface area contributed by atoms with E-state index in [4.69, 9.17) is 0 Å². The van der Waals surface area contributed by atoms with Crippen LogP contribution < -0.4 is 0 Å². The molecule has 1 rings (SSSR count). The maximum atomic E-state index is 12.7.